The molecule has 1 N–H and O–H groups in total. The molecule has 1 aromatic rings. The first-order valence-electron chi connectivity index (χ1n) is 10.00. The fraction of sp³-hybridized carbons (Fsp3) is 0.632. The molecule has 1 saturated carbocycles. The Balaban J connectivity index is 1.69. The summed E-state index contributed by atoms with van der Waals surface area (Å²) in [5, 5.41) is 14.4. The lowest BCUT2D eigenvalue weighted by Crippen LogP contribution is -2.43. The second kappa shape index (κ2) is 9.08. The number of nitro groups is 1. The minimum absolute atomic E-state index is 0.0859. The van der Waals surface area contributed by atoms with Gasteiger partial charge in [0.1, 0.15) is 0 Å². The molecule has 1 aliphatic carbocycles. The van der Waals surface area contributed by atoms with Crippen LogP contribution in [0.3, 0.4) is 0 Å². The smallest absolute Gasteiger partial charge is 0.312 e. The standard InChI is InChI=1S/C19H27N3O6S/c1-14-6-2-3-7-16(14)20-19(23)13-28-18-9-8-15(12-17(18)22(24)25)29(26,27)21-10-4-5-11-21/h8-9,12,14,16H,2-7,10-11,13H2,1H3,(H,20,23). The SMILES string of the molecule is CC1CCCCC1NC(=O)COc1ccc(S(=O)(=O)N2CCCC2)cc1[N+](=O)[O-]. The molecule has 1 saturated heterocycles. The van der Waals surface area contributed by atoms with E-state index in [0.717, 1.165) is 44.6 Å². The lowest BCUT2D eigenvalue weighted by Gasteiger charge is -2.29. The first-order chi connectivity index (χ1) is 13.8. The van der Waals surface area contributed by atoms with Crippen LogP contribution in [0.25, 0.3) is 0 Å². The summed E-state index contributed by atoms with van der Waals surface area (Å²) in [7, 11) is -3.77. The zero-order chi connectivity index (χ0) is 21.0. The molecular formula is C19H27N3O6S. The van der Waals surface area contributed by atoms with Crippen LogP contribution < -0.4 is 10.1 Å². The zero-order valence-corrected chi connectivity index (χ0v) is 17.3. The molecule has 9 nitrogen and oxygen atoms in total. The first-order valence-corrected chi connectivity index (χ1v) is 11.4. The molecule has 2 atom stereocenters. The van der Waals surface area contributed by atoms with Crippen molar-refractivity contribution < 1.29 is 22.9 Å². The molecule has 0 radical (unpaired) electrons. The molecule has 2 unspecified atom stereocenters. The van der Waals surface area contributed by atoms with Crippen molar-refractivity contribution in [1.29, 1.82) is 0 Å². The van der Waals surface area contributed by atoms with Crippen LogP contribution in [0.15, 0.2) is 23.1 Å². The van der Waals surface area contributed by atoms with Gasteiger partial charge in [0.2, 0.25) is 10.0 Å². The van der Waals surface area contributed by atoms with Gasteiger partial charge < -0.3 is 10.1 Å². The lowest BCUT2D eigenvalue weighted by molar-refractivity contribution is -0.386. The molecular weight excluding hydrogens is 398 g/mol. The van der Waals surface area contributed by atoms with E-state index in [4.69, 9.17) is 4.74 Å². The molecule has 2 fully saturated rings. The maximum Gasteiger partial charge on any atom is 0.312 e. The van der Waals surface area contributed by atoms with E-state index in [-0.39, 0.29) is 29.2 Å². The van der Waals surface area contributed by atoms with Gasteiger partial charge in [-0.1, -0.05) is 19.8 Å². The molecule has 10 heteroatoms. The van der Waals surface area contributed by atoms with Crippen LogP contribution in [0.4, 0.5) is 5.69 Å². The first kappa shape index (κ1) is 21.5. The minimum atomic E-state index is -3.77. The normalized spacial score (nSPS) is 22.9. The molecule has 3 rings (SSSR count). The number of benzene rings is 1. The number of amides is 1. The summed E-state index contributed by atoms with van der Waals surface area (Å²) >= 11 is 0. The topological polar surface area (TPSA) is 119 Å². The van der Waals surface area contributed by atoms with Crippen LogP contribution in [-0.4, -0.2) is 49.3 Å². The maximum absolute atomic E-state index is 12.6. The second-order valence-corrected chi connectivity index (χ2v) is 9.66. The van der Waals surface area contributed by atoms with Gasteiger partial charge in [0.05, 0.1) is 9.82 Å². The molecule has 0 spiro atoms. The van der Waals surface area contributed by atoms with Crippen LogP contribution in [0.1, 0.15) is 45.4 Å². The van der Waals surface area contributed by atoms with Crippen LogP contribution in [0.2, 0.25) is 0 Å². The lowest BCUT2D eigenvalue weighted by atomic mass is 9.86. The summed E-state index contributed by atoms with van der Waals surface area (Å²) in [4.78, 5) is 22.8. The third-order valence-electron chi connectivity index (χ3n) is 5.65. The maximum atomic E-state index is 12.6. The Morgan fingerprint density at radius 2 is 1.93 bits per heavy atom. The third-order valence-corrected chi connectivity index (χ3v) is 7.54. The molecule has 0 aromatic heterocycles. The molecule has 29 heavy (non-hydrogen) atoms. The summed E-state index contributed by atoms with van der Waals surface area (Å²) in [6, 6.07) is 3.63. The van der Waals surface area contributed by atoms with Crippen molar-refractivity contribution in [2.75, 3.05) is 19.7 Å². The van der Waals surface area contributed by atoms with Crippen LogP contribution in [0, 0.1) is 16.0 Å². The minimum Gasteiger partial charge on any atom is -0.477 e. The monoisotopic (exact) mass is 425 g/mol. The van der Waals surface area contributed by atoms with Crippen LogP contribution in [0.5, 0.6) is 5.75 Å². The Morgan fingerprint density at radius 3 is 2.59 bits per heavy atom. The van der Waals surface area contributed by atoms with Crippen molar-refractivity contribution in [3.05, 3.63) is 28.3 Å². The zero-order valence-electron chi connectivity index (χ0n) is 16.5. The van der Waals surface area contributed by atoms with Gasteiger partial charge in [-0.2, -0.15) is 4.31 Å². The van der Waals surface area contributed by atoms with Gasteiger partial charge in [0.25, 0.3) is 5.91 Å². The van der Waals surface area contributed by atoms with Gasteiger partial charge in [-0.05, 0) is 43.7 Å². The van der Waals surface area contributed by atoms with Gasteiger partial charge in [-0.15, -0.1) is 0 Å². The Bertz CT molecular complexity index is 867. The van der Waals surface area contributed by atoms with E-state index in [1.165, 1.54) is 16.4 Å². The number of hydrogen-bond donors (Lipinski definition) is 1. The van der Waals surface area contributed by atoms with Crippen molar-refractivity contribution in [3.8, 4) is 5.75 Å². The fourth-order valence-electron chi connectivity index (χ4n) is 3.92. The van der Waals surface area contributed by atoms with Gasteiger partial charge in [0.15, 0.2) is 12.4 Å². The number of nitro benzene ring substituents is 1. The molecule has 1 heterocycles. The Labute approximate surface area is 170 Å². The van der Waals surface area contributed by atoms with Crippen molar-refractivity contribution in [2.24, 2.45) is 5.92 Å². The quantitative estimate of drug-likeness (QED) is 0.529. The molecule has 1 aromatic carbocycles. The van der Waals surface area contributed by atoms with E-state index in [0.29, 0.717) is 19.0 Å². The molecule has 2 aliphatic rings. The van der Waals surface area contributed by atoms with E-state index in [1.54, 1.807) is 0 Å². The number of rotatable bonds is 7. The fourth-order valence-corrected chi connectivity index (χ4v) is 5.46. The Hall–Kier alpha value is -2.20. The highest BCUT2D eigenvalue weighted by Gasteiger charge is 2.30. The molecule has 1 aliphatic heterocycles. The largest absolute Gasteiger partial charge is 0.477 e. The predicted octanol–water partition coefficient (Wildman–Crippen LogP) is 2.45. The average molecular weight is 426 g/mol. The van der Waals surface area contributed by atoms with Gasteiger partial charge in [-0.25, -0.2) is 8.42 Å². The summed E-state index contributed by atoms with van der Waals surface area (Å²) in [6.07, 6.45) is 5.74. The van der Waals surface area contributed by atoms with E-state index in [9.17, 15) is 23.3 Å². The van der Waals surface area contributed by atoms with Gasteiger partial charge in [-0.3, -0.25) is 14.9 Å². The highest BCUT2D eigenvalue weighted by Crippen LogP contribution is 2.32. The van der Waals surface area contributed by atoms with Crippen molar-refractivity contribution in [3.63, 3.8) is 0 Å². The molecule has 0 bridgehead atoms. The van der Waals surface area contributed by atoms with E-state index >= 15 is 0 Å². The number of carbonyl (C=O) groups is 1. The molecule has 1 amide bonds. The van der Waals surface area contributed by atoms with Crippen molar-refractivity contribution in [1.82, 2.24) is 9.62 Å². The number of ether oxygens (including phenoxy) is 1. The van der Waals surface area contributed by atoms with Gasteiger partial charge >= 0.3 is 5.69 Å². The van der Waals surface area contributed by atoms with Crippen molar-refractivity contribution >= 4 is 21.6 Å². The van der Waals surface area contributed by atoms with Gasteiger partial charge in [0, 0.05) is 25.2 Å². The Kier molecular flexibility index (Phi) is 6.74. The summed E-state index contributed by atoms with van der Waals surface area (Å²) in [5.74, 6) is -0.0776. The summed E-state index contributed by atoms with van der Waals surface area (Å²) < 4.78 is 32.0. The predicted molar refractivity (Wildman–Crippen MR) is 106 cm³/mol. The van der Waals surface area contributed by atoms with E-state index in [1.807, 2.05) is 0 Å². The van der Waals surface area contributed by atoms with Crippen LogP contribution >= 0.6 is 0 Å². The van der Waals surface area contributed by atoms with E-state index in [2.05, 4.69) is 12.2 Å². The number of nitrogens with one attached hydrogen (secondary N) is 1. The number of hydrogen-bond acceptors (Lipinski definition) is 6. The average Bonchev–Trinajstić information content (AvgIpc) is 3.23. The Morgan fingerprint density at radius 1 is 1.24 bits per heavy atom. The summed E-state index contributed by atoms with van der Waals surface area (Å²) in [5.41, 5.74) is -0.468. The molecule has 160 valence electrons. The number of carbonyl (C=O) groups excluding carboxylic acids is 1. The van der Waals surface area contributed by atoms with Crippen LogP contribution in [-0.2, 0) is 14.8 Å². The summed E-state index contributed by atoms with van der Waals surface area (Å²) in [6.45, 7) is 2.56. The highest BCUT2D eigenvalue weighted by molar-refractivity contribution is 7.89. The number of nitrogens with zero attached hydrogens (tertiary/aromatic N) is 2. The van der Waals surface area contributed by atoms with E-state index < -0.39 is 20.6 Å². The number of sulfonamides is 1. The second-order valence-electron chi connectivity index (χ2n) is 7.72. The highest BCUT2D eigenvalue weighted by atomic mass is 32.2. The van der Waals surface area contributed by atoms with Crippen molar-refractivity contribution in [2.45, 2.75) is 56.4 Å². The third kappa shape index (κ3) is 5.05.